The van der Waals surface area contributed by atoms with E-state index in [4.69, 9.17) is 21.1 Å². The van der Waals surface area contributed by atoms with Gasteiger partial charge in [0, 0.05) is 21.6 Å². The fraction of sp³-hybridized carbons (Fsp3) is 0.333. The number of hydrogen-bond donors (Lipinski definition) is 2. The van der Waals surface area contributed by atoms with Gasteiger partial charge in [-0.05, 0) is 43.0 Å². The molecule has 0 spiro atoms. The van der Waals surface area contributed by atoms with Crippen LogP contribution in [0.3, 0.4) is 0 Å². The van der Waals surface area contributed by atoms with Gasteiger partial charge in [-0.15, -0.1) is 0 Å². The molecular weight excluding hydrogens is 340 g/mol. The molecule has 1 unspecified atom stereocenters. The lowest BCUT2D eigenvalue weighted by Gasteiger charge is -2.24. The minimum atomic E-state index is 0.103. The number of ether oxygens (including phenoxy) is 2. The van der Waals surface area contributed by atoms with E-state index in [-0.39, 0.29) is 6.04 Å². The number of aromatic amines is 1. The SMILES string of the molecule is COc1cc(OC)nc(NC2CCCc3c2[nH]c2ccc(Cl)cc32)n1. The Bertz CT molecular complexity index is 903. The van der Waals surface area contributed by atoms with E-state index in [0.29, 0.717) is 17.7 Å². The third kappa shape index (κ3) is 2.98. The van der Waals surface area contributed by atoms with E-state index < -0.39 is 0 Å². The number of aromatic nitrogens is 3. The third-order valence-electron chi connectivity index (χ3n) is 4.57. The van der Waals surface area contributed by atoms with Crippen molar-refractivity contribution >= 4 is 28.5 Å². The molecule has 0 saturated heterocycles. The number of anilines is 1. The van der Waals surface area contributed by atoms with Crippen molar-refractivity contribution in [2.45, 2.75) is 25.3 Å². The highest BCUT2D eigenvalue weighted by molar-refractivity contribution is 6.31. The van der Waals surface area contributed by atoms with Crippen molar-refractivity contribution < 1.29 is 9.47 Å². The molecule has 1 aromatic carbocycles. The van der Waals surface area contributed by atoms with E-state index in [9.17, 15) is 0 Å². The molecule has 0 saturated carbocycles. The van der Waals surface area contributed by atoms with Gasteiger partial charge in [-0.2, -0.15) is 9.97 Å². The van der Waals surface area contributed by atoms with Crippen molar-refractivity contribution in [1.29, 1.82) is 0 Å². The van der Waals surface area contributed by atoms with Gasteiger partial charge in [0.15, 0.2) is 0 Å². The molecule has 0 bridgehead atoms. The molecule has 2 N–H and O–H groups in total. The summed E-state index contributed by atoms with van der Waals surface area (Å²) < 4.78 is 10.4. The number of fused-ring (bicyclic) bond motifs is 3. The number of rotatable bonds is 4. The van der Waals surface area contributed by atoms with Gasteiger partial charge in [0.25, 0.3) is 0 Å². The predicted octanol–water partition coefficient (Wildman–Crippen LogP) is 4.12. The lowest BCUT2D eigenvalue weighted by atomic mass is 9.92. The van der Waals surface area contributed by atoms with Gasteiger partial charge in [0.2, 0.25) is 17.7 Å². The zero-order chi connectivity index (χ0) is 17.4. The van der Waals surface area contributed by atoms with Gasteiger partial charge in [-0.3, -0.25) is 0 Å². The second-order valence-electron chi connectivity index (χ2n) is 6.07. The van der Waals surface area contributed by atoms with Crippen LogP contribution in [0.15, 0.2) is 24.3 Å². The van der Waals surface area contributed by atoms with E-state index in [0.717, 1.165) is 29.8 Å². The fourth-order valence-corrected chi connectivity index (χ4v) is 3.58. The van der Waals surface area contributed by atoms with E-state index >= 15 is 0 Å². The van der Waals surface area contributed by atoms with Gasteiger partial charge in [0.1, 0.15) is 0 Å². The molecule has 0 amide bonds. The number of H-pyrrole nitrogens is 1. The first-order valence-electron chi connectivity index (χ1n) is 8.21. The molecule has 0 aliphatic heterocycles. The van der Waals surface area contributed by atoms with Crippen molar-refractivity contribution in [2.24, 2.45) is 0 Å². The first-order valence-corrected chi connectivity index (χ1v) is 8.59. The van der Waals surface area contributed by atoms with Crippen LogP contribution in [0, 0.1) is 0 Å². The molecule has 3 aromatic rings. The van der Waals surface area contributed by atoms with Crippen molar-refractivity contribution in [3.8, 4) is 11.8 Å². The summed E-state index contributed by atoms with van der Waals surface area (Å²) in [6.45, 7) is 0. The number of methoxy groups -OCH3 is 2. The Kier molecular flexibility index (Phi) is 4.13. The first-order chi connectivity index (χ1) is 12.2. The number of halogens is 1. The molecule has 25 heavy (non-hydrogen) atoms. The van der Waals surface area contributed by atoms with Gasteiger partial charge in [0.05, 0.1) is 26.3 Å². The van der Waals surface area contributed by atoms with Crippen LogP contribution in [-0.2, 0) is 6.42 Å². The predicted molar refractivity (Wildman–Crippen MR) is 97.7 cm³/mol. The highest BCUT2D eigenvalue weighted by Gasteiger charge is 2.25. The average molecular weight is 359 g/mol. The van der Waals surface area contributed by atoms with E-state index in [1.54, 1.807) is 20.3 Å². The Hall–Kier alpha value is -2.47. The summed E-state index contributed by atoms with van der Waals surface area (Å²) in [5, 5.41) is 5.36. The Morgan fingerprint density at radius 1 is 1.16 bits per heavy atom. The molecule has 130 valence electrons. The average Bonchev–Trinajstić information content (AvgIpc) is 3.00. The monoisotopic (exact) mass is 358 g/mol. The molecule has 0 fully saturated rings. The Balaban J connectivity index is 1.71. The van der Waals surface area contributed by atoms with Crippen molar-refractivity contribution in [1.82, 2.24) is 15.0 Å². The molecule has 2 heterocycles. The van der Waals surface area contributed by atoms with E-state index in [2.05, 4.69) is 20.3 Å². The lowest BCUT2D eigenvalue weighted by Crippen LogP contribution is -2.18. The summed E-state index contributed by atoms with van der Waals surface area (Å²) in [6.07, 6.45) is 3.12. The second kappa shape index (κ2) is 6.44. The van der Waals surface area contributed by atoms with Crippen LogP contribution in [0.25, 0.3) is 10.9 Å². The maximum atomic E-state index is 6.17. The maximum absolute atomic E-state index is 6.17. The molecule has 4 rings (SSSR count). The summed E-state index contributed by atoms with van der Waals surface area (Å²) in [5.74, 6) is 1.42. The van der Waals surface area contributed by atoms with Crippen LogP contribution in [0.4, 0.5) is 5.95 Å². The Labute approximate surface area is 150 Å². The minimum Gasteiger partial charge on any atom is -0.481 e. The molecule has 7 heteroatoms. The number of hydrogen-bond acceptors (Lipinski definition) is 5. The van der Waals surface area contributed by atoms with E-state index in [1.165, 1.54) is 16.6 Å². The molecule has 1 aliphatic rings. The zero-order valence-electron chi connectivity index (χ0n) is 14.1. The summed E-state index contributed by atoms with van der Waals surface area (Å²) in [7, 11) is 3.15. The van der Waals surface area contributed by atoms with Crippen molar-refractivity contribution in [2.75, 3.05) is 19.5 Å². The second-order valence-corrected chi connectivity index (χ2v) is 6.51. The van der Waals surface area contributed by atoms with Crippen LogP contribution in [0.1, 0.15) is 30.1 Å². The molecule has 1 atom stereocenters. The molecule has 0 radical (unpaired) electrons. The van der Waals surface area contributed by atoms with Gasteiger partial charge < -0.3 is 19.8 Å². The summed E-state index contributed by atoms with van der Waals surface area (Å²) in [4.78, 5) is 12.3. The molecule has 1 aliphatic carbocycles. The largest absolute Gasteiger partial charge is 0.481 e. The highest BCUT2D eigenvalue weighted by atomic mass is 35.5. The van der Waals surface area contributed by atoms with Gasteiger partial charge in [-0.25, -0.2) is 0 Å². The maximum Gasteiger partial charge on any atom is 0.229 e. The zero-order valence-corrected chi connectivity index (χ0v) is 14.9. The van der Waals surface area contributed by atoms with Crippen LogP contribution in [0.5, 0.6) is 11.8 Å². The summed E-state index contributed by atoms with van der Waals surface area (Å²) in [6, 6.07) is 7.72. The van der Waals surface area contributed by atoms with Crippen LogP contribution >= 0.6 is 11.6 Å². The standard InChI is InChI=1S/C18H19ClN4O2/c1-24-15-9-16(25-2)23-18(22-15)21-14-5-3-4-11-12-8-10(19)6-7-13(12)20-17(11)14/h6-9,14,20H,3-5H2,1-2H3,(H,21,22,23). The van der Waals surface area contributed by atoms with Crippen molar-refractivity contribution in [3.63, 3.8) is 0 Å². The Morgan fingerprint density at radius 2 is 1.92 bits per heavy atom. The van der Waals surface area contributed by atoms with Gasteiger partial charge >= 0.3 is 0 Å². The number of benzene rings is 1. The van der Waals surface area contributed by atoms with Crippen molar-refractivity contribution in [3.05, 3.63) is 40.5 Å². The minimum absolute atomic E-state index is 0.103. The molecule has 6 nitrogen and oxygen atoms in total. The van der Waals surface area contributed by atoms with E-state index in [1.807, 2.05) is 18.2 Å². The molecule has 2 aromatic heterocycles. The van der Waals surface area contributed by atoms with Crippen LogP contribution in [-0.4, -0.2) is 29.2 Å². The quantitative estimate of drug-likeness (QED) is 0.734. The molecular formula is C18H19ClN4O2. The number of aryl methyl sites for hydroxylation is 1. The summed E-state index contributed by atoms with van der Waals surface area (Å²) >= 11 is 6.17. The fourth-order valence-electron chi connectivity index (χ4n) is 3.41. The topological polar surface area (TPSA) is 72.1 Å². The Morgan fingerprint density at radius 3 is 2.64 bits per heavy atom. The third-order valence-corrected chi connectivity index (χ3v) is 4.81. The highest BCUT2D eigenvalue weighted by Crippen LogP contribution is 2.37. The first kappa shape index (κ1) is 16.0. The van der Waals surface area contributed by atoms with Gasteiger partial charge in [-0.1, -0.05) is 11.6 Å². The van der Waals surface area contributed by atoms with Crippen LogP contribution < -0.4 is 14.8 Å². The smallest absolute Gasteiger partial charge is 0.229 e. The van der Waals surface area contributed by atoms with Crippen LogP contribution in [0.2, 0.25) is 5.02 Å². The normalized spacial score (nSPS) is 16.5. The number of nitrogens with zero attached hydrogens (tertiary/aromatic N) is 2. The number of nitrogens with one attached hydrogen (secondary N) is 2. The lowest BCUT2D eigenvalue weighted by molar-refractivity contribution is 0.372. The summed E-state index contributed by atoms with van der Waals surface area (Å²) in [5.41, 5.74) is 3.59.